The third-order valence-electron chi connectivity index (χ3n) is 11.3. The molecule has 1 aliphatic rings. The van der Waals surface area contributed by atoms with Gasteiger partial charge in [-0.2, -0.15) is 0 Å². The van der Waals surface area contributed by atoms with Crippen LogP contribution in [0.15, 0.2) is 120 Å². The van der Waals surface area contributed by atoms with Gasteiger partial charge >= 0.3 is 0 Å². The van der Waals surface area contributed by atoms with Gasteiger partial charge in [0.2, 0.25) is 0 Å². The van der Waals surface area contributed by atoms with Gasteiger partial charge < -0.3 is 14.4 Å². The maximum atomic E-state index is 9.35. The van der Waals surface area contributed by atoms with Crippen LogP contribution in [0.5, 0.6) is 0 Å². The predicted molar refractivity (Wildman–Crippen MR) is 258 cm³/mol. The molecule has 0 amide bonds. The number of nitrogens with zero attached hydrogens (tertiary/aromatic N) is 2. The molecular weight excluding hydrogens is 933 g/mol. The Kier molecular flexibility index (Phi) is 9.54. The molecule has 1 fully saturated rings. The van der Waals surface area contributed by atoms with Crippen LogP contribution >= 0.6 is 0 Å². The van der Waals surface area contributed by atoms with Crippen molar-refractivity contribution in [1.29, 1.82) is 0 Å². The fourth-order valence-corrected chi connectivity index (χ4v) is 8.15. The van der Waals surface area contributed by atoms with Crippen LogP contribution in [-0.4, -0.2) is 9.97 Å². The van der Waals surface area contributed by atoms with E-state index >= 15 is 0 Å². The van der Waals surface area contributed by atoms with Crippen LogP contribution in [0.3, 0.4) is 0 Å². The summed E-state index contributed by atoms with van der Waals surface area (Å²) in [7, 11) is 0. The summed E-state index contributed by atoms with van der Waals surface area (Å²) in [5, 5.41) is 4.13. The second-order valence-corrected chi connectivity index (χ2v) is 19.1. The van der Waals surface area contributed by atoms with Crippen LogP contribution in [0.1, 0.15) is 130 Å². The molecule has 3 heterocycles. The number of pyridine rings is 2. The maximum absolute atomic E-state index is 9.35. The summed E-state index contributed by atoms with van der Waals surface area (Å²) in [5.41, 5.74) is 4.82. The molecule has 0 atom stereocenters. The first-order valence-corrected chi connectivity index (χ1v) is 21.2. The molecule has 0 saturated heterocycles. The Bertz CT molecular complexity index is 3300. The van der Waals surface area contributed by atoms with Crippen molar-refractivity contribution in [1.82, 2.24) is 9.97 Å². The summed E-state index contributed by atoms with van der Waals surface area (Å²) in [5.74, 6) is -0.963. The first-order valence-electron chi connectivity index (χ1n) is 26.7. The third-order valence-corrected chi connectivity index (χ3v) is 11.3. The number of fused-ring (bicyclic) bond motifs is 5. The predicted octanol–water partition coefficient (Wildman–Crippen LogP) is 16.3. The number of hydrogen-bond acceptors (Lipinski definition) is 3. The second-order valence-electron chi connectivity index (χ2n) is 19.1. The Hall–Kier alpha value is -4.89. The first kappa shape index (κ1) is 32.7. The van der Waals surface area contributed by atoms with Crippen molar-refractivity contribution in [3.63, 3.8) is 0 Å². The van der Waals surface area contributed by atoms with Crippen LogP contribution in [0.25, 0.3) is 66.4 Å². The molecule has 3 aromatic heterocycles. The number of benzene rings is 5. The molecule has 0 aliphatic heterocycles. The van der Waals surface area contributed by atoms with Gasteiger partial charge in [-0.1, -0.05) is 158 Å². The smallest absolute Gasteiger partial charge is 0.128 e. The average Bonchev–Trinajstić information content (AvgIpc) is 3.71. The van der Waals surface area contributed by atoms with Gasteiger partial charge in [-0.15, -0.1) is 47.5 Å². The molecule has 8 aromatic rings. The van der Waals surface area contributed by atoms with Crippen LogP contribution in [0, 0.1) is 42.1 Å². The molecule has 5 aromatic carbocycles. The number of hydrogen-bond donors (Lipinski definition) is 0. The molecule has 1 radical (unpaired) electrons. The first-order chi connectivity index (χ1) is 33.3. The summed E-state index contributed by atoms with van der Waals surface area (Å²) in [6, 6.07) is 38.3. The summed E-state index contributed by atoms with van der Waals surface area (Å²) in [6.45, 7) is 10.5. The molecule has 4 heteroatoms. The van der Waals surface area contributed by atoms with Gasteiger partial charge in [-0.3, -0.25) is 0 Å². The topological polar surface area (TPSA) is 38.9 Å². The zero-order valence-electron chi connectivity index (χ0n) is 47.9. The van der Waals surface area contributed by atoms with E-state index in [1.54, 1.807) is 53.7 Å². The summed E-state index contributed by atoms with van der Waals surface area (Å²) in [4.78, 5) is 9.11. The Labute approximate surface area is 399 Å². The minimum Gasteiger partial charge on any atom is -0.500 e. The molecule has 0 unspecified atom stereocenters. The monoisotopic (exact) mass is 1010 g/mol. The van der Waals surface area contributed by atoms with E-state index in [0.29, 0.717) is 52.1 Å². The molecule has 9 rings (SSSR count). The number of furan rings is 1. The fourth-order valence-electron chi connectivity index (χ4n) is 8.15. The van der Waals surface area contributed by atoms with Crippen molar-refractivity contribution in [2.75, 3.05) is 0 Å². The van der Waals surface area contributed by atoms with Crippen molar-refractivity contribution in [3.05, 3.63) is 155 Å². The molecule has 321 valence electrons. The van der Waals surface area contributed by atoms with Gasteiger partial charge in [0.15, 0.2) is 0 Å². The maximum Gasteiger partial charge on any atom is 0.128 e. The van der Waals surface area contributed by atoms with Crippen molar-refractivity contribution in [2.45, 2.75) is 113 Å². The standard InChI is InChI=1S/C30H28NO.C28H34N.Ir/c1-19-18-31-27(17-26(19)21-13-15-30(2,3)16-14-21)25-10-6-9-23-24-12-11-20-7-4-5-8-22(20)28(24)32-29(23)25;1-20-13-14-22(15-25(20)21-11-9-8-10-12-21)26-16-23(17-27(2,3)4)24(19-29-26)18-28(5,6)7;/h4-9,11-12,17-18,21H,13-16H2,1-3H3;8-13,15-16,19H,17-18H2,1-7H3;/q2*-1;/i1D3,21D;1D3,17D2,18D2;. The van der Waals surface area contributed by atoms with Gasteiger partial charge in [0.1, 0.15) is 5.58 Å². The van der Waals surface area contributed by atoms with Crippen molar-refractivity contribution < 1.29 is 39.6 Å². The summed E-state index contributed by atoms with van der Waals surface area (Å²) >= 11 is 0. The van der Waals surface area contributed by atoms with Crippen molar-refractivity contribution >= 4 is 32.7 Å². The Balaban J connectivity index is 0.000000211. The van der Waals surface area contributed by atoms with E-state index in [1.165, 1.54) is 18.5 Å². The number of rotatable bonds is 6. The SMILES string of the molecule is [2H]C([2H])([2H])c1c[c-]c(-c2cc(C([2H])([2H])C(C)(C)C)c(C([2H])([2H])C(C)(C)C)cn2)cc1-c1ccccc1.[2H]C([2H])([2H])c1cnc(-c2[c-]ccc3c2oc2c4ccccc4ccc32)cc1C1([2H])CCC(C)(C)CC1.[Ir]. The molecule has 1 saturated carbocycles. The van der Waals surface area contributed by atoms with E-state index in [1.807, 2.05) is 60.7 Å². The van der Waals surface area contributed by atoms with Gasteiger partial charge in [0, 0.05) is 58.3 Å². The van der Waals surface area contributed by atoms with Gasteiger partial charge in [0.25, 0.3) is 0 Å². The molecule has 62 heavy (non-hydrogen) atoms. The molecule has 1 aliphatic carbocycles. The zero-order valence-corrected chi connectivity index (χ0v) is 39.3. The van der Waals surface area contributed by atoms with Crippen LogP contribution in [0.2, 0.25) is 0 Å². The molecule has 0 N–H and O–H groups in total. The van der Waals surface area contributed by atoms with Gasteiger partial charge in [-0.05, 0) is 112 Å². The quantitative estimate of drug-likeness (QED) is 0.156. The van der Waals surface area contributed by atoms with E-state index in [9.17, 15) is 1.37 Å². The Morgan fingerprint density at radius 3 is 2.13 bits per heavy atom. The summed E-state index contributed by atoms with van der Waals surface area (Å²) in [6.07, 6.45) is 2.15. The van der Waals surface area contributed by atoms with Crippen LogP contribution < -0.4 is 0 Å². The van der Waals surface area contributed by atoms with Gasteiger partial charge in [-0.25, -0.2) is 0 Å². The number of aromatic nitrogens is 2. The molecule has 0 bridgehead atoms. The minimum atomic E-state index is -2.34. The van der Waals surface area contributed by atoms with Crippen LogP contribution in [0.4, 0.5) is 0 Å². The van der Waals surface area contributed by atoms with Crippen molar-refractivity contribution in [3.8, 4) is 33.6 Å². The van der Waals surface area contributed by atoms with E-state index in [4.69, 9.17) is 18.1 Å². The average molecular weight is 1010 g/mol. The van der Waals surface area contributed by atoms with E-state index in [2.05, 4.69) is 60.2 Å². The largest absolute Gasteiger partial charge is 0.500 e. The second kappa shape index (κ2) is 18.1. The molecule has 3 nitrogen and oxygen atoms in total. The normalized spacial score (nSPS) is 18.4. The third kappa shape index (κ3) is 10.1. The van der Waals surface area contributed by atoms with Crippen LogP contribution in [-0.2, 0) is 32.9 Å². The zero-order chi connectivity index (χ0) is 52.6. The van der Waals surface area contributed by atoms with E-state index < -0.39 is 43.2 Å². The van der Waals surface area contributed by atoms with Crippen molar-refractivity contribution in [2.24, 2.45) is 16.2 Å². The number of aryl methyl sites for hydroxylation is 2. The Morgan fingerprint density at radius 1 is 0.726 bits per heavy atom. The van der Waals surface area contributed by atoms with E-state index in [0.717, 1.165) is 45.5 Å². The van der Waals surface area contributed by atoms with E-state index in [-0.39, 0.29) is 47.8 Å². The minimum absolute atomic E-state index is 0. The molecule has 0 spiro atoms. The summed E-state index contributed by atoms with van der Waals surface area (Å²) < 4.78 is 99.8. The fraction of sp³-hybridized carbons (Fsp3) is 0.345. The molecular formula is C58H62IrN2O-2. The Morgan fingerprint density at radius 2 is 1.40 bits per heavy atom. The van der Waals surface area contributed by atoms with Gasteiger partial charge in [0.05, 0.1) is 5.58 Å².